The molecular weight excluding hydrogens is 406 g/mol. The second-order valence-corrected chi connectivity index (χ2v) is 9.01. The molecule has 13 heteroatoms. The first-order chi connectivity index (χ1) is 10.7. The molecule has 0 aliphatic carbocycles. The maximum atomic E-state index is 12.1. The molecule has 132 valence electrons. The first-order valence-corrected chi connectivity index (χ1v) is 9.49. The molecule has 2 rings (SSSR count). The van der Waals surface area contributed by atoms with Crippen LogP contribution in [0.15, 0.2) is 33.1 Å². The maximum Gasteiger partial charge on any atom is 1.00 e. The van der Waals surface area contributed by atoms with Gasteiger partial charge in [0.25, 0.3) is 5.91 Å². The van der Waals surface area contributed by atoms with Gasteiger partial charge < -0.3 is 9.11 Å². The Hall–Kier alpha value is 0.180. The van der Waals surface area contributed by atoms with Crippen LogP contribution in [0.5, 0.6) is 0 Å². The van der Waals surface area contributed by atoms with Gasteiger partial charge in [-0.05, 0) is 18.2 Å². The molecule has 26 heavy (non-hydrogen) atoms. The van der Waals surface area contributed by atoms with Crippen LogP contribution in [0.2, 0.25) is 0 Å². The summed E-state index contributed by atoms with van der Waals surface area (Å²) in [5.41, 5.74) is -0.222. The number of hydrogen-bond donors (Lipinski definition) is 0. The van der Waals surface area contributed by atoms with Crippen LogP contribution in [0.25, 0.3) is 0 Å². The van der Waals surface area contributed by atoms with Crippen molar-refractivity contribution in [3.8, 4) is 0 Å². The van der Waals surface area contributed by atoms with Gasteiger partial charge in [-0.3, -0.25) is 4.79 Å². The van der Waals surface area contributed by atoms with Crippen LogP contribution >= 0.6 is 0 Å². The fourth-order valence-electron chi connectivity index (χ4n) is 2.01. The minimum absolute atomic E-state index is 0. The van der Waals surface area contributed by atoms with E-state index in [4.69, 9.17) is 0 Å². The maximum absolute atomic E-state index is 12.1. The molecule has 0 saturated heterocycles. The zero-order valence-corrected chi connectivity index (χ0v) is 20.6. The summed E-state index contributed by atoms with van der Waals surface area (Å²) < 4.78 is 67.2. The minimum Gasteiger partial charge on any atom is -0.744 e. The number of hydrazone groups is 1. The molecule has 1 aromatic carbocycles. The summed E-state index contributed by atoms with van der Waals surface area (Å²) in [4.78, 5) is 10.3. The molecule has 0 radical (unpaired) electrons. The zero-order chi connectivity index (χ0) is 18.5. The van der Waals surface area contributed by atoms with E-state index in [2.05, 4.69) is 5.10 Å². The molecule has 9 nitrogen and oxygen atoms in total. The second-order valence-electron chi connectivity index (χ2n) is 6.25. The quantitative estimate of drug-likeness (QED) is 0.350. The minimum atomic E-state index is -5.04. The fraction of sp³-hybridized carbons (Fsp3) is 0.385. The van der Waals surface area contributed by atoms with Crippen molar-refractivity contribution in [1.82, 2.24) is 0 Å². The Morgan fingerprint density at radius 1 is 0.962 bits per heavy atom. The average molecular weight is 420 g/mol. The Labute approximate surface area is 196 Å². The molecule has 0 fully saturated rings. The molecule has 1 aliphatic heterocycles. The summed E-state index contributed by atoms with van der Waals surface area (Å²) in [6, 6.07) is 2.08. The molecule has 1 aliphatic rings. The topological polar surface area (TPSA) is 147 Å². The Bertz CT molecular complexity index is 901. The van der Waals surface area contributed by atoms with Gasteiger partial charge in [-0.2, -0.15) is 5.10 Å². The monoisotopic (exact) mass is 420 g/mol. The number of anilines is 1. The number of nitrogens with zero attached hydrogens (tertiary/aromatic N) is 2. The van der Waals surface area contributed by atoms with Crippen LogP contribution in [0.4, 0.5) is 5.69 Å². The molecule has 1 aromatic rings. The SMILES string of the molecule is CC(C)(C)C1=NN(c2cc(S(=O)(=O)[O-])cc(S(=O)(=O)[O-])c2)C(=O)C1.[Na+].[Na+]. The van der Waals surface area contributed by atoms with E-state index < -0.39 is 41.3 Å². The Kier molecular flexibility index (Phi) is 8.74. The summed E-state index contributed by atoms with van der Waals surface area (Å²) in [6.45, 7) is 5.44. The number of benzene rings is 1. The molecule has 0 atom stereocenters. The Morgan fingerprint density at radius 3 is 1.69 bits per heavy atom. The van der Waals surface area contributed by atoms with E-state index in [0.29, 0.717) is 11.8 Å². The van der Waals surface area contributed by atoms with Crippen LogP contribution < -0.4 is 64.1 Å². The van der Waals surface area contributed by atoms with Gasteiger partial charge in [-0.1, -0.05) is 20.8 Å². The van der Waals surface area contributed by atoms with Crippen LogP contribution in [-0.4, -0.2) is 37.6 Å². The first kappa shape index (κ1) is 26.2. The summed E-state index contributed by atoms with van der Waals surface area (Å²) in [7, 11) is -10.1. The first-order valence-electron chi connectivity index (χ1n) is 6.67. The second kappa shape index (κ2) is 8.68. The molecule has 1 amide bonds. The molecule has 0 saturated carbocycles. The molecule has 0 spiro atoms. The van der Waals surface area contributed by atoms with Crippen molar-refractivity contribution in [3.63, 3.8) is 0 Å². The van der Waals surface area contributed by atoms with Gasteiger partial charge in [0.1, 0.15) is 20.2 Å². The van der Waals surface area contributed by atoms with E-state index in [-0.39, 0.29) is 71.2 Å². The Morgan fingerprint density at radius 2 is 1.38 bits per heavy atom. The number of carbonyl (C=O) groups excluding carboxylic acids is 1. The number of rotatable bonds is 3. The van der Waals surface area contributed by atoms with Crippen molar-refractivity contribution in [2.75, 3.05) is 5.01 Å². The third-order valence-corrected chi connectivity index (χ3v) is 4.95. The average Bonchev–Trinajstić information content (AvgIpc) is 2.78. The van der Waals surface area contributed by atoms with Crippen molar-refractivity contribution in [2.45, 2.75) is 37.0 Å². The van der Waals surface area contributed by atoms with Crippen molar-refractivity contribution in [1.29, 1.82) is 0 Å². The summed E-state index contributed by atoms with van der Waals surface area (Å²) >= 11 is 0. The summed E-state index contributed by atoms with van der Waals surface area (Å²) in [5.74, 6) is -0.533. The molecule has 0 unspecified atom stereocenters. The van der Waals surface area contributed by atoms with Crippen molar-refractivity contribution >= 4 is 37.5 Å². The molecule has 0 bridgehead atoms. The summed E-state index contributed by atoms with van der Waals surface area (Å²) in [6.07, 6.45) is -0.0443. The predicted octanol–water partition coefficient (Wildman–Crippen LogP) is -5.36. The smallest absolute Gasteiger partial charge is 0.744 e. The van der Waals surface area contributed by atoms with Gasteiger partial charge in [0, 0.05) is 5.41 Å². The number of hydrogen-bond acceptors (Lipinski definition) is 8. The van der Waals surface area contributed by atoms with Crippen molar-refractivity contribution in [2.24, 2.45) is 10.5 Å². The van der Waals surface area contributed by atoms with Gasteiger partial charge in [-0.25, -0.2) is 21.8 Å². The van der Waals surface area contributed by atoms with Crippen LogP contribution in [-0.2, 0) is 25.0 Å². The van der Waals surface area contributed by atoms with Crippen LogP contribution in [0.3, 0.4) is 0 Å². The molecular formula is C13H14N2Na2O7S2. The number of carbonyl (C=O) groups is 1. The zero-order valence-electron chi connectivity index (χ0n) is 15.0. The molecule has 0 aromatic heterocycles. The van der Waals surface area contributed by atoms with Gasteiger partial charge in [0.05, 0.1) is 27.6 Å². The van der Waals surface area contributed by atoms with E-state index in [9.17, 15) is 30.7 Å². The largest absolute Gasteiger partial charge is 1.00 e. The molecule has 0 N–H and O–H groups in total. The number of amides is 1. The predicted molar refractivity (Wildman–Crippen MR) is 81.4 cm³/mol. The van der Waals surface area contributed by atoms with E-state index in [0.717, 1.165) is 17.1 Å². The van der Waals surface area contributed by atoms with Gasteiger partial charge in [-0.15, -0.1) is 0 Å². The third kappa shape index (κ3) is 6.09. The normalized spacial score (nSPS) is 15.2. The van der Waals surface area contributed by atoms with E-state index >= 15 is 0 Å². The van der Waals surface area contributed by atoms with E-state index in [1.165, 1.54) is 0 Å². The Balaban J connectivity index is 0.00000312. The third-order valence-electron chi connectivity index (χ3n) is 3.33. The van der Waals surface area contributed by atoms with Gasteiger partial charge in [0.2, 0.25) is 0 Å². The standard InChI is InChI=1S/C13H16N2O7S2.2Na/c1-13(2,3)11-7-12(16)15(14-11)8-4-9(23(17,18)19)6-10(5-8)24(20,21)22;;/h4-6H,7H2,1-3H3,(H,17,18,19)(H,20,21,22);;/q;2*+1/p-2. The van der Waals surface area contributed by atoms with Gasteiger partial charge in [0.15, 0.2) is 0 Å². The van der Waals surface area contributed by atoms with E-state index in [1.54, 1.807) is 0 Å². The summed E-state index contributed by atoms with van der Waals surface area (Å²) in [5, 5.41) is 4.86. The van der Waals surface area contributed by atoms with Crippen molar-refractivity contribution < 1.29 is 89.9 Å². The van der Waals surface area contributed by atoms with E-state index in [1.807, 2.05) is 20.8 Å². The van der Waals surface area contributed by atoms with Gasteiger partial charge >= 0.3 is 59.1 Å². The fourth-order valence-corrected chi connectivity index (χ4v) is 3.16. The van der Waals surface area contributed by atoms with Crippen LogP contribution in [0, 0.1) is 5.41 Å². The molecule has 1 heterocycles. The van der Waals surface area contributed by atoms with Crippen molar-refractivity contribution in [3.05, 3.63) is 18.2 Å². The van der Waals surface area contributed by atoms with Crippen LogP contribution in [0.1, 0.15) is 27.2 Å².